The molecule has 0 saturated carbocycles. The number of pyridine rings is 4. The number of hydrogen-bond donors (Lipinski definition) is 0. The Morgan fingerprint density at radius 1 is 0.296 bits per heavy atom. The number of rotatable bonds is 6. The molecule has 6 aromatic carbocycles. The Morgan fingerprint density at radius 3 is 1.48 bits per heavy atom. The van der Waals surface area contributed by atoms with Gasteiger partial charge >= 0.3 is 0 Å². The van der Waals surface area contributed by atoms with Crippen molar-refractivity contribution in [1.29, 1.82) is 0 Å². The molecule has 4 aromatic heterocycles. The highest BCUT2D eigenvalue weighted by atomic mass is 14.8. The monoisotopic (exact) mass is 688 g/mol. The van der Waals surface area contributed by atoms with E-state index in [0.29, 0.717) is 0 Å². The number of fused-ring (bicyclic) bond motifs is 4. The van der Waals surface area contributed by atoms with Gasteiger partial charge in [0.2, 0.25) is 0 Å². The van der Waals surface area contributed by atoms with Crippen molar-refractivity contribution >= 4 is 32.6 Å². The molecule has 54 heavy (non-hydrogen) atoms. The van der Waals surface area contributed by atoms with Crippen LogP contribution in [-0.4, -0.2) is 19.9 Å². The van der Waals surface area contributed by atoms with E-state index < -0.39 is 0 Å². The van der Waals surface area contributed by atoms with E-state index in [2.05, 4.69) is 156 Å². The van der Waals surface area contributed by atoms with Gasteiger partial charge in [0, 0.05) is 58.4 Å². The van der Waals surface area contributed by atoms with Gasteiger partial charge in [0.25, 0.3) is 0 Å². The molecule has 0 amide bonds. The van der Waals surface area contributed by atoms with Crippen molar-refractivity contribution in [1.82, 2.24) is 19.9 Å². The lowest BCUT2D eigenvalue weighted by molar-refractivity contribution is 1.32. The van der Waals surface area contributed by atoms with Gasteiger partial charge in [-0.3, -0.25) is 15.0 Å². The zero-order valence-corrected chi connectivity index (χ0v) is 29.3. The Balaban J connectivity index is 1.22. The Labute approximate surface area is 313 Å². The van der Waals surface area contributed by atoms with Crippen molar-refractivity contribution in [2.24, 2.45) is 0 Å². The quantitative estimate of drug-likeness (QED) is 0.163. The minimum absolute atomic E-state index is 0.889. The minimum Gasteiger partial charge on any atom is -0.264 e. The molecule has 0 aliphatic carbocycles. The number of hydrogen-bond acceptors (Lipinski definition) is 4. The van der Waals surface area contributed by atoms with Gasteiger partial charge in [0.1, 0.15) is 0 Å². The predicted octanol–water partition coefficient (Wildman–Crippen LogP) is 12.7. The molecule has 0 N–H and O–H groups in total. The second-order valence-corrected chi connectivity index (χ2v) is 13.5. The lowest BCUT2D eigenvalue weighted by Gasteiger charge is -2.17. The third-order valence-corrected chi connectivity index (χ3v) is 10.3. The highest BCUT2D eigenvalue weighted by Gasteiger charge is 2.18. The van der Waals surface area contributed by atoms with Gasteiger partial charge in [-0.2, -0.15) is 0 Å². The second-order valence-electron chi connectivity index (χ2n) is 13.5. The number of aromatic nitrogens is 4. The van der Waals surface area contributed by atoms with Crippen molar-refractivity contribution in [3.63, 3.8) is 0 Å². The van der Waals surface area contributed by atoms with Gasteiger partial charge in [0.15, 0.2) is 0 Å². The van der Waals surface area contributed by atoms with Crippen molar-refractivity contribution in [3.8, 4) is 66.9 Å². The van der Waals surface area contributed by atoms with Crippen LogP contribution in [0.1, 0.15) is 0 Å². The fourth-order valence-corrected chi connectivity index (χ4v) is 7.72. The maximum absolute atomic E-state index is 5.34. The predicted molar refractivity (Wildman–Crippen MR) is 223 cm³/mol. The maximum Gasteiger partial charge on any atom is 0.0978 e. The molecule has 0 fully saturated rings. The number of benzene rings is 6. The largest absolute Gasteiger partial charge is 0.264 e. The fraction of sp³-hybridized carbons (Fsp3) is 0. The van der Waals surface area contributed by atoms with Crippen LogP contribution < -0.4 is 0 Å². The summed E-state index contributed by atoms with van der Waals surface area (Å²) in [5, 5.41) is 4.49. The molecule has 0 aliphatic heterocycles. The normalized spacial score (nSPS) is 11.3. The first-order valence-electron chi connectivity index (χ1n) is 18.1. The van der Waals surface area contributed by atoms with Gasteiger partial charge in [-0.15, -0.1) is 0 Å². The Kier molecular flexibility index (Phi) is 7.77. The molecule has 10 aromatic rings. The lowest BCUT2D eigenvalue weighted by Crippen LogP contribution is -1.94. The van der Waals surface area contributed by atoms with Crippen LogP contribution in [0.3, 0.4) is 0 Å². The highest BCUT2D eigenvalue weighted by molar-refractivity contribution is 6.16. The van der Waals surface area contributed by atoms with E-state index >= 15 is 0 Å². The zero-order valence-electron chi connectivity index (χ0n) is 29.3. The third kappa shape index (κ3) is 5.58. The zero-order chi connectivity index (χ0) is 35.8. The molecule has 0 spiro atoms. The van der Waals surface area contributed by atoms with Gasteiger partial charge in [-0.1, -0.05) is 121 Å². The molecule has 0 unspecified atom stereocenters. The molecule has 0 saturated heterocycles. The average Bonchev–Trinajstić information content (AvgIpc) is 3.26. The van der Waals surface area contributed by atoms with Crippen LogP contribution in [0.15, 0.2) is 195 Å². The van der Waals surface area contributed by atoms with E-state index in [1.807, 2.05) is 49.2 Å². The summed E-state index contributed by atoms with van der Waals surface area (Å²) in [6, 6.07) is 58.0. The first-order chi connectivity index (χ1) is 26.8. The molecule has 0 radical (unpaired) electrons. The lowest BCUT2D eigenvalue weighted by atomic mass is 9.88. The summed E-state index contributed by atoms with van der Waals surface area (Å²) in [7, 11) is 0. The molecule has 4 heteroatoms. The topological polar surface area (TPSA) is 51.6 Å². The summed E-state index contributed by atoms with van der Waals surface area (Å²) in [5.74, 6) is 0. The SMILES string of the molecule is c1ccc(-c2cc(-c3ccc(-c4cc(-c5cccnc5)cc(-c5cccnc5)c4)c4ccccc34)c3ccc4c(-c5ccccc5)ccnc4c3n2)cc1. The smallest absolute Gasteiger partial charge is 0.0978 e. The first-order valence-corrected chi connectivity index (χ1v) is 18.1. The van der Waals surface area contributed by atoms with E-state index in [-0.39, 0.29) is 0 Å². The third-order valence-electron chi connectivity index (χ3n) is 10.3. The molecular formula is C50H32N4. The van der Waals surface area contributed by atoms with Crippen LogP contribution in [0.25, 0.3) is 99.5 Å². The Bertz CT molecular complexity index is 2910. The molecule has 252 valence electrons. The molecular weight excluding hydrogens is 657 g/mol. The first kappa shape index (κ1) is 31.4. The van der Waals surface area contributed by atoms with E-state index in [9.17, 15) is 0 Å². The van der Waals surface area contributed by atoms with Gasteiger partial charge in [-0.25, -0.2) is 4.98 Å². The van der Waals surface area contributed by atoms with Crippen molar-refractivity contribution in [3.05, 3.63) is 195 Å². The molecule has 4 nitrogen and oxygen atoms in total. The summed E-state index contributed by atoms with van der Waals surface area (Å²) in [5.41, 5.74) is 15.0. The summed E-state index contributed by atoms with van der Waals surface area (Å²) in [4.78, 5) is 19.2. The van der Waals surface area contributed by atoms with Crippen molar-refractivity contribution in [2.45, 2.75) is 0 Å². The highest BCUT2D eigenvalue weighted by Crippen LogP contribution is 2.43. The average molecular weight is 689 g/mol. The van der Waals surface area contributed by atoms with Crippen molar-refractivity contribution in [2.75, 3.05) is 0 Å². The molecule has 0 atom stereocenters. The summed E-state index contributed by atoms with van der Waals surface area (Å²) < 4.78 is 0. The van der Waals surface area contributed by atoms with Crippen LogP contribution in [0.4, 0.5) is 0 Å². The molecule has 0 bridgehead atoms. The standard InChI is InChI=1S/C50H32N4/c1-3-11-33(12-4-1)41-23-26-53-49-45(41)21-22-46-47(30-48(54-50(46)49)34-13-5-2-6-14-34)44-20-19-40(42-17-7-8-18-43(42)44)39-28-37(35-15-9-24-51-31-35)27-38(29-39)36-16-10-25-52-32-36/h1-32H. The van der Waals surface area contributed by atoms with Crippen LogP contribution in [0.2, 0.25) is 0 Å². The summed E-state index contributed by atoms with van der Waals surface area (Å²) in [6.45, 7) is 0. The fourth-order valence-electron chi connectivity index (χ4n) is 7.72. The Hall–Kier alpha value is -7.30. The minimum atomic E-state index is 0.889. The van der Waals surface area contributed by atoms with Gasteiger partial charge in [0.05, 0.1) is 16.7 Å². The van der Waals surface area contributed by atoms with Crippen LogP contribution in [-0.2, 0) is 0 Å². The van der Waals surface area contributed by atoms with E-state index in [4.69, 9.17) is 9.97 Å². The molecule has 0 aliphatic rings. The second kappa shape index (κ2) is 13.4. The van der Waals surface area contributed by atoms with Crippen LogP contribution in [0, 0.1) is 0 Å². The van der Waals surface area contributed by atoms with E-state index in [0.717, 1.165) is 88.7 Å². The van der Waals surface area contributed by atoms with Gasteiger partial charge in [-0.05, 0) is 97.7 Å². The van der Waals surface area contributed by atoms with E-state index in [1.54, 1.807) is 0 Å². The summed E-state index contributed by atoms with van der Waals surface area (Å²) >= 11 is 0. The Morgan fingerprint density at radius 2 is 0.833 bits per heavy atom. The van der Waals surface area contributed by atoms with Crippen LogP contribution in [0.5, 0.6) is 0 Å². The molecule has 4 heterocycles. The van der Waals surface area contributed by atoms with Crippen LogP contribution >= 0.6 is 0 Å². The van der Waals surface area contributed by atoms with E-state index in [1.165, 1.54) is 10.8 Å². The van der Waals surface area contributed by atoms with Gasteiger partial charge < -0.3 is 0 Å². The number of nitrogens with zero attached hydrogens (tertiary/aromatic N) is 4. The van der Waals surface area contributed by atoms with Crippen molar-refractivity contribution < 1.29 is 0 Å². The molecule has 10 rings (SSSR count). The maximum atomic E-state index is 5.34. The summed E-state index contributed by atoms with van der Waals surface area (Å²) in [6.07, 6.45) is 9.38.